The topological polar surface area (TPSA) is 45.5 Å². The van der Waals surface area contributed by atoms with Gasteiger partial charge in [0.2, 0.25) is 0 Å². The molecule has 0 spiro atoms. The molecule has 2 aliphatic rings. The first-order chi connectivity index (χ1) is 11.2. The van der Waals surface area contributed by atoms with Crippen LogP contribution in [-0.4, -0.2) is 35.6 Å². The Hall–Kier alpha value is -0.940. The van der Waals surface area contributed by atoms with E-state index in [0.29, 0.717) is 5.76 Å². The fraction of sp³-hybridized carbons (Fsp3) is 0.722. The second-order valence-electron chi connectivity index (χ2n) is 7.07. The molecule has 1 saturated heterocycles. The predicted molar refractivity (Wildman–Crippen MR) is 94.4 cm³/mol. The monoisotopic (exact) mass is 336 g/mol. The lowest BCUT2D eigenvalue weighted by Crippen LogP contribution is -2.45. The average molecular weight is 337 g/mol. The molecule has 1 aliphatic carbocycles. The van der Waals surface area contributed by atoms with Gasteiger partial charge in [0.15, 0.2) is 5.76 Å². The lowest BCUT2D eigenvalue weighted by atomic mass is 9.74. The van der Waals surface area contributed by atoms with Crippen LogP contribution in [0.5, 0.6) is 0 Å². The zero-order valence-corrected chi connectivity index (χ0v) is 14.9. The Morgan fingerprint density at radius 3 is 2.83 bits per heavy atom. The Morgan fingerprint density at radius 2 is 2.22 bits per heavy atom. The molecule has 3 rings (SSSR count). The van der Waals surface area contributed by atoms with Crippen LogP contribution in [-0.2, 0) is 0 Å². The molecule has 128 valence electrons. The highest BCUT2D eigenvalue weighted by Gasteiger charge is 2.39. The van der Waals surface area contributed by atoms with E-state index in [-0.39, 0.29) is 11.3 Å². The number of piperidine rings is 1. The lowest BCUT2D eigenvalue weighted by molar-refractivity contribution is 0.0851. The summed E-state index contributed by atoms with van der Waals surface area (Å²) in [5.41, 5.74) is 0.284. The van der Waals surface area contributed by atoms with Crippen molar-refractivity contribution in [1.82, 2.24) is 9.62 Å². The largest absolute Gasteiger partial charge is 0.459 e. The normalized spacial score (nSPS) is 21.3. The average Bonchev–Trinajstić information content (AvgIpc) is 3.20. The first-order valence-electron chi connectivity index (χ1n) is 8.90. The molecule has 2 heterocycles. The third kappa shape index (κ3) is 4.77. The maximum Gasteiger partial charge on any atom is 0.286 e. The van der Waals surface area contributed by atoms with E-state index in [1.807, 2.05) is 11.9 Å². The van der Waals surface area contributed by atoms with Crippen molar-refractivity contribution in [2.75, 3.05) is 25.4 Å². The number of nitrogens with zero attached hydrogens (tertiary/aromatic N) is 1. The Labute approximate surface area is 143 Å². The molecule has 5 heteroatoms. The molecular weight excluding hydrogens is 308 g/mol. The molecule has 1 aromatic rings. The van der Waals surface area contributed by atoms with E-state index in [1.54, 1.807) is 18.4 Å². The highest BCUT2D eigenvalue weighted by Crippen LogP contribution is 2.46. The minimum atomic E-state index is -0.0760. The van der Waals surface area contributed by atoms with E-state index >= 15 is 0 Å². The van der Waals surface area contributed by atoms with Crippen molar-refractivity contribution in [3.8, 4) is 0 Å². The molecule has 1 aromatic heterocycles. The summed E-state index contributed by atoms with van der Waals surface area (Å²) in [5.74, 6) is 2.45. The third-order valence-corrected chi connectivity index (χ3v) is 6.37. The van der Waals surface area contributed by atoms with Crippen LogP contribution in [0.3, 0.4) is 0 Å². The van der Waals surface area contributed by atoms with Crippen LogP contribution in [0.15, 0.2) is 22.8 Å². The van der Waals surface area contributed by atoms with Crippen LogP contribution < -0.4 is 5.32 Å². The minimum Gasteiger partial charge on any atom is -0.459 e. The summed E-state index contributed by atoms with van der Waals surface area (Å²) in [7, 11) is 0. The van der Waals surface area contributed by atoms with Crippen molar-refractivity contribution in [3.63, 3.8) is 0 Å². The Kier molecular flexibility index (Phi) is 5.70. The molecule has 1 aliphatic heterocycles. The molecule has 4 nitrogen and oxygen atoms in total. The third-order valence-electron chi connectivity index (χ3n) is 5.05. The van der Waals surface area contributed by atoms with Crippen molar-refractivity contribution in [2.45, 2.75) is 45.4 Å². The Morgan fingerprint density at radius 1 is 1.43 bits per heavy atom. The fourth-order valence-corrected chi connectivity index (χ4v) is 4.34. The summed E-state index contributed by atoms with van der Waals surface area (Å²) in [6.45, 7) is 5.32. The molecule has 2 fully saturated rings. The predicted octanol–water partition coefficient (Wildman–Crippen LogP) is 3.95. The molecular formula is C18H28N2O2S. The van der Waals surface area contributed by atoms with E-state index in [9.17, 15) is 4.79 Å². The summed E-state index contributed by atoms with van der Waals surface area (Å²) in [5, 5.41) is 3.13. The SMILES string of the molecule is CCCSN1CCC(CNC(=O)c2ccco2)(CC2CC2)CC1. The van der Waals surface area contributed by atoms with E-state index in [1.165, 1.54) is 44.3 Å². The summed E-state index contributed by atoms with van der Waals surface area (Å²) < 4.78 is 7.72. The second kappa shape index (κ2) is 7.75. The molecule has 1 N–H and O–H groups in total. The Bertz CT molecular complexity index is 491. The van der Waals surface area contributed by atoms with Crippen LogP contribution in [0.25, 0.3) is 0 Å². The lowest BCUT2D eigenvalue weighted by Gasteiger charge is -2.41. The number of furan rings is 1. The maximum atomic E-state index is 12.2. The van der Waals surface area contributed by atoms with Gasteiger partial charge in [-0.25, -0.2) is 0 Å². The van der Waals surface area contributed by atoms with Gasteiger partial charge in [-0.3, -0.25) is 9.10 Å². The van der Waals surface area contributed by atoms with Crippen LogP contribution in [0.4, 0.5) is 0 Å². The van der Waals surface area contributed by atoms with Gasteiger partial charge in [0.1, 0.15) is 0 Å². The highest BCUT2D eigenvalue weighted by atomic mass is 32.2. The summed E-state index contributed by atoms with van der Waals surface area (Å²) in [6.07, 6.45) is 9.20. The van der Waals surface area contributed by atoms with E-state index in [4.69, 9.17) is 4.42 Å². The Balaban J connectivity index is 1.54. The summed E-state index contributed by atoms with van der Waals surface area (Å²) in [4.78, 5) is 12.2. The number of carbonyl (C=O) groups is 1. The molecule has 0 radical (unpaired) electrons. The second-order valence-corrected chi connectivity index (χ2v) is 8.25. The molecule has 0 bridgehead atoms. The minimum absolute atomic E-state index is 0.0760. The van der Waals surface area contributed by atoms with Gasteiger partial charge in [-0.15, -0.1) is 0 Å². The maximum absolute atomic E-state index is 12.2. The van der Waals surface area contributed by atoms with Crippen molar-refractivity contribution in [2.24, 2.45) is 11.3 Å². The zero-order valence-electron chi connectivity index (χ0n) is 14.1. The number of hydrogen-bond acceptors (Lipinski definition) is 4. The molecule has 0 aromatic carbocycles. The summed E-state index contributed by atoms with van der Waals surface area (Å²) >= 11 is 1.99. The van der Waals surface area contributed by atoms with Crippen molar-refractivity contribution in [1.29, 1.82) is 0 Å². The number of carbonyl (C=O) groups excluding carboxylic acids is 1. The van der Waals surface area contributed by atoms with Crippen molar-refractivity contribution < 1.29 is 9.21 Å². The molecule has 1 saturated carbocycles. The summed E-state index contributed by atoms with van der Waals surface area (Å²) in [6, 6.07) is 3.49. The number of amides is 1. The van der Waals surface area contributed by atoms with Gasteiger partial charge < -0.3 is 9.73 Å². The van der Waals surface area contributed by atoms with E-state index in [0.717, 1.165) is 25.6 Å². The number of hydrogen-bond donors (Lipinski definition) is 1. The van der Waals surface area contributed by atoms with Crippen LogP contribution >= 0.6 is 11.9 Å². The molecule has 23 heavy (non-hydrogen) atoms. The van der Waals surface area contributed by atoms with Gasteiger partial charge in [0, 0.05) is 25.4 Å². The highest BCUT2D eigenvalue weighted by molar-refractivity contribution is 7.97. The van der Waals surface area contributed by atoms with Gasteiger partial charge in [-0.2, -0.15) is 0 Å². The zero-order chi connectivity index (χ0) is 16.1. The number of rotatable bonds is 8. The van der Waals surface area contributed by atoms with Crippen LogP contribution in [0, 0.1) is 11.3 Å². The van der Waals surface area contributed by atoms with Crippen LogP contribution in [0.1, 0.15) is 56.0 Å². The molecule has 1 amide bonds. The van der Waals surface area contributed by atoms with Crippen molar-refractivity contribution >= 4 is 17.9 Å². The van der Waals surface area contributed by atoms with Crippen LogP contribution in [0.2, 0.25) is 0 Å². The smallest absolute Gasteiger partial charge is 0.286 e. The first-order valence-corrected chi connectivity index (χ1v) is 9.85. The van der Waals surface area contributed by atoms with E-state index < -0.39 is 0 Å². The van der Waals surface area contributed by atoms with Gasteiger partial charge >= 0.3 is 0 Å². The van der Waals surface area contributed by atoms with Gasteiger partial charge in [-0.1, -0.05) is 31.7 Å². The van der Waals surface area contributed by atoms with Gasteiger partial charge in [0.05, 0.1) is 6.26 Å². The number of nitrogens with one attached hydrogen (secondary N) is 1. The quantitative estimate of drug-likeness (QED) is 0.730. The van der Waals surface area contributed by atoms with Crippen molar-refractivity contribution in [3.05, 3.63) is 24.2 Å². The van der Waals surface area contributed by atoms with E-state index in [2.05, 4.69) is 16.5 Å². The van der Waals surface area contributed by atoms with Gasteiger partial charge in [-0.05, 0) is 49.1 Å². The standard InChI is InChI=1S/C18H28N2O2S/c1-2-12-23-20-9-7-18(8-10-20,13-15-5-6-15)14-19-17(21)16-4-3-11-22-16/h3-4,11,15H,2,5-10,12-14H2,1H3,(H,19,21). The molecule has 0 unspecified atom stereocenters. The fourth-order valence-electron chi connectivity index (χ4n) is 3.46. The molecule has 0 atom stereocenters. The van der Waals surface area contributed by atoms with Gasteiger partial charge in [0.25, 0.3) is 5.91 Å². The first kappa shape index (κ1) is 16.9.